The van der Waals surface area contributed by atoms with Crippen molar-refractivity contribution in [3.63, 3.8) is 0 Å². The highest BCUT2D eigenvalue weighted by molar-refractivity contribution is 5.81. The van der Waals surface area contributed by atoms with Crippen LogP contribution in [0.2, 0.25) is 0 Å². The highest BCUT2D eigenvalue weighted by atomic mass is 16.5. The van der Waals surface area contributed by atoms with Crippen molar-refractivity contribution in [1.29, 1.82) is 0 Å². The van der Waals surface area contributed by atoms with Crippen LogP contribution in [0.3, 0.4) is 0 Å². The van der Waals surface area contributed by atoms with Gasteiger partial charge in [-0.25, -0.2) is 0 Å². The molecule has 0 bridgehead atoms. The molecule has 1 saturated heterocycles. The van der Waals surface area contributed by atoms with Gasteiger partial charge in [0.2, 0.25) is 5.91 Å². The first-order chi connectivity index (χ1) is 8.20. The van der Waals surface area contributed by atoms with E-state index < -0.39 is 0 Å². The molecule has 0 saturated carbocycles. The molecule has 3 atom stereocenters. The van der Waals surface area contributed by atoms with Gasteiger partial charge in [0.1, 0.15) is 11.9 Å². The van der Waals surface area contributed by atoms with Crippen LogP contribution in [0, 0.1) is 0 Å². The zero-order chi connectivity index (χ0) is 12.3. The Morgan fingerprint density at radius 2 is 2.47 bits per heavy atom. The molecule has 5 nitrogen and oxygen atoms in total. The Morgan fingerprint density at radius 1 is 1.65 bits per heavy atom. The molecule has 17 heavy (non-hydrogen) atoms. The van der Waals surface area contributed by atoms with Crippen molar-refractivity contribution >= 4 is 5.91 Å². The number of rotatable bonds is 4. The van der Waals surface area contributed by atoms with Crippen molar-refractivity contribution in [2.75, 3.05) is 6.54 Å². The molecule has 5 heteroatoms. The van der Waals surface area contributed by atoms with Gasteiger partial charge in [0.15, 0.2) is 0 Å². The number of nitrogens with two attached hydrogens (primary N) is 1. The van der Waals surface area contributed by atoms with E-state index in [-0.39, 0.29) is 24.2 Å². The first kappa shape index (κ1) is 12.1. The van der Waals surface area contributed by atoms with E-state index in [4.69, 9.17) is 14.9 Å². The Balaban J connectivity index is 1.85. The molecule has 1 fully saturated rings. The van der Waals surface area contributed by atoms with Gasteiger partial charge < -0.3 is 20.2 Å². The fraction of sp³-hybridized carbons (Fsp3) is 0.583. The van der Waals surface area contributed by atoms with Gasteiger partial charge >= 0.3 is 0 Å². The first-order valence-electron chi connectivity index (χ1n) is 5.90. The molecule has 1 aromatic rings. The highest BCUT2D eigenvalue weighted by Crippen LogP contribution is 2.20. The molecule has 1 aliphatic heterocycles. The Kier molecular flexibility index (Phi) is 3.81. The number of furan rings is 1. The van der Waals surface area contributed by atoms with Crippen LogP contribution in [0.15, 0.2) is 22.8 Å². The second-order valence-corrected chi connectivity index (χ2v) is 4.31. The fourth-order valence-corrected chi connectivity index (χ4v) is 1.99. The van der Waals surface area contributed by atoms with Crippen LogP contribution in [0.1, 0.15) is 31.6 Å². The van der Waals surface area contributed by atoms with E-state index in [9.17, 15) is 4.79 Å². The van der Waals surface area contributed by atoms with Crippen molar-refractivity contribution in [2.45, 2.75) is 38.0 Å². The minimum Gasteiger partial charge on any atom is -0.467 e. The third kappa shape index (κ3) is 2.87. The van der Waals surface area contributed by atoms with E-state index in [0.29, 0.717) is 6.54 Å². The molecule has 94 valence electrons. The molecule has 1 aromatic heterocycles. The van der Waals surface area contributed by atoms with Gasteiger partial charge in [0.25, 0.3) is 0 Å². The van der Waals surface area contributed by atoms with Crippen LogP contribution in [0.4, 0.5) is 0 Å². The maximum Gasteiger partial charge on any atom is 0.249 e. The summed E-state index contributed by atoms with van der Waals surface area (Å²) in [4.78, 5) is 11.9. The SMILES string of the molecule is C[C@H](NC(=O)C1CCC(CN)O1)c1ccco1. The molecule has 0 aliphatic carbocycles. The summed E-state index contributed by atoms with van der Waals surface area (Å²) in [6.45, 7) is 2.35. The van der Waals surface area contributed by atoms with Crippen molar-refractivity contribution in [2.24, 2.45) is 5.73 Å². The quantitative estimate of drug-likeness (QED) is 0.819. The summed E-state index contributed by atoms with van der Waals surface area (Å²) < 4.78 is 10.7. The second-order valence-electron chi connectivity index (χ2n) is 4.31. The topological polar surface area (TPSA) is 77.5 Å². The summed E-state index contributed by atoms with van der Waals surface area (Å²) in [5.74, 6) is 0.650. The molecule has 1 aliphatic rings. The molecule has 3 N–H and O–H groups in total. The number of hydrogen-bond donors (Lipinski definition) is 2. The van der Waals surface area contributed by atoms with E-state index >= 15 is 0 Å². The molecular formula is C12H18N2O3. The van der Waals surface area contributed by atoms with Gasteiger partial charge in [0.05, 0.1) is 18.4 Å². The smallest absolute Gasteiger partial charge is 0.249 e. The van der Waals surface area contributed by atoms with Gasteiger partial charge in [-0.3, -0.25) is 4.79 Å². The van der Waals surface area contributed by atoms with Crippen molar-refractivity contribution < 1.29 is 13.9 Å². The standard InChI is InChI=1S/C12H18N2O3/c1-8(10-3-2-6-16-10)14-12(15)11-5-4-9(7-13)17-11/h2-3,6,8-9,11H,4-5,7,13H2,1H3,(H,14,15)/t8-,9?,11?/m0/s1. The number of hydrogen-bond acceptors (Lipinski definition) is 4. The number of amides is 1. The molecule has 0 radical (unpaired) electrons. The van der Waals surface area contributed by atoms with E-state index in [1.54, 1.807) is 12.3 Å². The lowest BCUT2D eigenvalue weighted by Gasteiger charge is -2.16. The van der Waals surface area contributed by atoms with Crippen molar-refractivity contribution in [3.8, 4) is 0 Å². The average Bonchev–Trinajstić information content (AvgIpc) is 3.00. The van der Waals surface area contributed by atoms with Crippen LogP contribution in [0.5, 0.6) is 0 Å². The maximum atomic E-state index is 11.9. The predicted molar refractivity (Wildman–Crippen MR) is 62.2 cm³/mol. The van der Waals surface area contributed by atoms with Crippen LogP contribution in [-0.2, 0) is 9.53 Å². The van der Waals surface area contributed by atoms with Crippen LogP contribution < -0.4 is 11.1 Å². The summed E-state index contributed by atoms with van der Waals surface area (Å²) in [5.41, 5.74) is 5.50. The molecule has 2 heterocycles. The van der Waals surface area contributed by atoms with E-state index in [1.165, 1.54) is 0 Å². The van der Waals surface area contributed by atoms with Gasteiger partial charge in [-0.05, 0) is 31.9 Å². The Morgan fingerprint density at radius 3 is 3.06 bits per heavy atom. The van der Waals surface area contributed by atoms with E-state index in [2.05, 4.69) is 5.32 Å². The molecule has 1 amide bonds. The Hall–Kier alpha value is -1.33. The highest BCUT2D eigenvalue weighted by Gasteiger charge is 2.30. The van der Waals surface area contributed by atoms with Gasteiger partial charge in [0, 0.05) is 6.54 Å². The molecule has 0 spiro atoms. The lowest BCUT2D eigenvalue weighted by atomic mass is 10.1. The van der Waals surface area contributed by atoms with Crippen molar-refractivity contribution in [1.82, 2.24) is 5.32 Å². The van der Waals surface area contributed by atoms with E-state index in [1.807, 2.05) is 13.0 Å². The summed E-state index contributed by atoms with van der Waals surface area (Å²) in [6, 6.07) is 3.50. The number of ether oxygens (including phenoxy) is 1. The zero-order valence-corrected chi connectivity index (χ0v) is 9.89. The molecular weight excluding hydrogens is 220 g/mol. The van der Waals surface area contributed by atoms with Gasteiger partial charge in [-0.2, -0.15) is 0 Å². The third-order valence-corrected chi connectivity index (χ3v) is 2.99. The van der Waals surface area contributed by atoms with Crippen LogP contribution in [-0.4, -0.2) is 24.7 Å². The number of carbonyl (C=O) groups excluding carboxylic acids is 1. The van der Waals surface area contributed by atoms with Gasteiger partial charge in [-0.15, -0.1) is 0 Å². The summed E-state index contributed by atoms with van der Waals surface area (Å²) in [6.07, 6.45) is 2.82. The minimum atomic E-state index is -0.374. The lowest BCUT2D eigenvalue weighted by Crippen LogP contribution is -2.36. The minimum absolute atomic E-state index is 0.0182. The second kappa shape index (κ2) is 5.33. The summed E-state index contributed by atoms with van der Waals surface area (Å²) in [5, 5.41) is 2.87. The monoisotopic (exact) mass is 238 g/mol. The molecule has 2 rings (SSSR count). The summed E-state index contributed by atoms with van der Waals surface area (Å²) in [7, 11) is 0. The zero-order valence-electron chi connectivity index (χ0n) is 9.89. The maximum absolute atomic E-state index is 11.9. The Bertz CT molecular complexity index is 364. The first-order valence-corrected chi connectivity index (χ1v) is 5.90. The fourth-order valence-electron chi connectivity index (χ4n) is 1.99. The largest absolute Gasteiger partial charge is 0.467 e. The number of carbonyl (C=O) groups is 1. The molecule has 2 unspecified atom stereocenters. The average molecular weight is 238 g/mol. The van der Waals surface area contributed by atoms with Crippen LogP contribution in [0.25, 0.3) is 0 Å². The predicted octanol–water partition coefficient (Wildman–Crippen LogP) is 0.963. The Labute approximate surface area is 100 Å². The lowest BCUT2D eigenvalue weighted by molar-refractivity contribution is -0.132. The normalized spacial score (nSPS) is 25.8. The number of nitrogens with one attached hydrogen (secondary N) is 1. The van der Waals surface area contributed by atoms with E-state index in [0.717, 1.165) is 18.6 Å². The molecule has 0 aromatic carbocycles. The summed E-state index contributed by atoms with van der Waals surface area (Å²) >= 11 is 0. The van der Waals surface area contributed by atoms with Gasteiger partial charge in [-0.1, -0.05) is 0 Å². The third-order valence-electron chi connectivity index (χ3n) is 2.99. The van der Waals surface area contributed by atoms with Crippen molar-refractivity contribution in [3.05, 3.63) is 24.2 Å². The van der Waals surface area contributed by atoms with Crippen LogP contribution >= 0.6 is 0 Å².